The van der Waals surface area contributed by atoms with Gasteiger partial charge in [-0.25, -0.2) is 9.78 Å². The summed E-state index contributed by atoms with van der Waals surface area (Å²) in [6.07, 6.45) is -2.27. The first-order valence-corrected chi connectivity index (χ1v) is 11.8. The zero-order chi connectivity index (χ0) is 24.6. The van der Waals surface area contributed by atoms with E-state index < -0.39 is 23.6 Å². The maximum Gasteiger partial charge on any atom is 0.417 e. The predicted octanol–water partition coefficient (Wildman–Crippen LogP) is 5.84. The molecule has 1 atom stereocenters. The van der Waals surface area contributed by atoms with E-state index in [4.69, 9.17) is 10.5 Å². The second kappa shape index (κ2) is 9.25. The van der Waals surface area contributed by atoms with Crippen LogP contribution in [0.2, 0.25) is 0 Å². The number of anilines is 2. The number of carbonyl (C=O) groups is 2. The highest BCUT2D eigenvalue weighted by molar-refractivity contribution is 7.21. The molecule has 1 aliphatic rings. The number of aromatic nitrogens is 1. The summed E-state index contributed by atoms with van der Waals surface area (Å²) in [7, 11) is 0. The molecule has 0 bridgehead atoms. The zero-order valence-corrected chi connectivity index (χ0v) is 19.5. The molecule has 1 aliphatic carbocycles. The van der Waals surface area contributed by atoms with Crippen LogP contribution in [-0.4, -0.2) is 23.5 Å². The number of carbonyl (C=O) groups excluding carboxylic acids is 2. The average Bonchev–Trinajstić information content (AvgIpc) is 3.12. The van der Waals surface area contributed by atoms with Gasteiger partial charge in [-0.15, -0.1) is 11.3 Å². The third-order valence-electron chi connectivity index (χ3n) is 6.07. The van der Waals surface area contributed by atoms with Gasteiger partial charge in [0.05, 0.1) is 23.4 Å². The van der Waals surface area contributed by atoms with Crippen LogP contribution in [0.5, 0.6) is 0 Å². The quantitative estimate of drug-likeness (QED) is 0.437. The molecule has 0 fully saturated rings. The molecular weight excluding hydrogens is 467 g/mol. The molecular formula is C24H24F3N3O3S. The molecule has 3 N–H and O–H groups in total. The lowest BCUT2D eigenvalue weighted by Crippen LogP contribution is -2.21. The smallest absolute Gasteiger partial charge is 0.417 e. The lowest BCUT2D eigenvalue weighted by molar-refractivity contribution is -0.137. The molecule has 2 aromatic heterocycles. The number of hydrogen-bond donors (Lipinski definition) is 2. The summed E-state index contributed by atoms with van der Waals surface area (Å²) in [5, 5.41) is 2.43. The van der Waals surface area contributed by atoms with Crippen molar-refractivity contribution in [3.63, 3.8) is 0 Å². The van der Waals surface area contributed by atoms with E-state index in [-0.39, 0.29) is 38.9 Å². The molecule has 0 saturated heterocycles. The second-order valence-corrected chi connectivity index (χ2v) is 9.20. The van der Waals surface area contributed by atoms with E-state index in [2.05, 4.69) is 10.3 Å². The number of esters is 1. The van der Waals surface area contributed by atoms with Gasteiger partial charge in [0.2, 0.25) is 0 Å². The summed E-state index contributed by atoms with van der Waals surface area (Å²) in [6.45, 7) is 3.90. The summed E-state index contributed by atoms with van der Waals surface area (Å²) in [4.78, 5) is 29.3. The van der Waals surface area contributed by atoms with Crippen LogP contribution in [0.15, 0.2) is 24.3 Å². The highest BCUT2D eigenvalue weighted by atomic mass is 32.1. The van der Waals surface area contributed by atoms with Crippen molar-refractivity contribution in [2.24, 2.45) is 5.92 Å². The predicted molar refractivity (Wildman–Crippen MR) is 125 cm³/mol. The largest absolute Gasteiger partial charge is 0.462 e. The van der Waals surface area contributed by atoms with Crippen molar-refractivity contribution >= 4 is 44.8 Å². The molecule has 4 rings (SSSR count). The summed E-state index contributed by atoms with van der Waals surface area (Å²) < 4.78 is 47.6. The van der Waals surface area contributed by atoms with Crippen LogP contribution < -0.4 is 11.1 Å². The molecule has 0 aliphatic heterocycles. The number of nitrogen functional groups attached to an aromatic ring is 1. The number of benzene rings is 1. The van der Waals surface area contributed by atoms with Crippen LogP contribution in [0.4, 0.5) is 24.5 Å². The van der Waals surface area contributed by atoms with Crippen molar-refractivity contribution in [3.05, 3.63) is 51.5 Å². The zero-order valence-electron chi connectivity index (χ0n) is 18.7. The first-order valence-electron chi connectivity index (χ1n) is 11.0. The van der Waals surface area contributed by atoms with E-state index in [0.29, 0.717) is 29.8 Å². The summed E-state index contributed by atoms with van der Waals surface area (Å²) in [6, 6.07) is 6.00. The molecule has 34 heavy (non-hydrogen) atoms. The van der Waals surface area contributed by atoms with Gasteiger partial charge in [-0.2, -0.15) is 13.2 Å². The van der Waals surface area contributed by atoms with Crippen LogP contribution in [-0.2, 0) is 23.8 Å². The van der Waals surface area contributed by atoms with Gasteiger partial charge >= 0.3 is 12.1 Å². The van der Waals surface area contributed by atoms with E-state index >= 15 is 0 Å². The number of amides is 1. The molecule has 1 unspecified atom stereocenters. The number of pyridine rings is 1. The lowest BCUT2D eigenvalue weighted by atomic mass is 9.82. The lowest BCUT2D eigenvalue weighted by Gasteiger charge is -2.26. The molecule has 1 amide bonds. The molecule has 0 radical (unpaired) electrons. The van der Waals surface area contributed by atoms with Crippen molar-refractivity contribution in [3.8, 4) is 0 Å². The Morgan fingerprint density at radius 1 is 1.24 bits per heavy atom. The Bertz CT molecular complexity index is 1250. The number of thiophene rings is 1. The fraction of sp³-hybridized carbons (Fsp3) is 0.375. The van der Waals surface area contributed by atoms with Gasteiger partial charge in [0.1, 0.15) is 9.71 Å². The van der Waals surface area contributed by atoms with E-state index in [1.807, 2.05) is 6.92 Å². The Morgan fingerprint density at radius 3 is 2.56 bits per heavy atom. The Morgan fingerprint density at radius 2 is 1.94 bits per heavy atom. The van der Waals surface area contributed by atoms with Gasteiger partial charge < -0.3 is 15.8 Å². The van der Waals surface area contributed by atoms with Crippen molar-refractivity contribution < 1.29 is 27.5 Å². The fourth-order valence-corrected chi connectivity index (χ4v) is 5.34. The van der Waals surface area contributed by atoms with Crippen LogP contribution in [0, 0.1) is 5.92 Å². The topological polar surface area (TPSA) is 94.3 Å². The Labute approximate surface area is 198 Å². The molecule has 3 aromatic rings. The number of fused-ring (bicyclic) bond motifs is 2. The summed E-state index contributed by atoms with van der Waals surface area (Å²) in [5.41, 5.74) is 6.47. The van der Waals surface area contributed by atoms with Gasteiger partial charge in [-0.05, 0) is 61.9 Å². The maximum atomic E-state index is 14.2. The van der Waals surface area contributed by atoms with Gasteiger partial charge in [0, 0.05) is 16.8 Å². The van der Waals surface area contributed by atoms with Crippen LogP contribution in [0.25, 0.3) is 10.2 Å². The fourth-order valence-electron chi connectivity index (χ4n) is 4.32. The summed E-state index contributed by atoms with van der Waals surface area (Å²) in [5.74, 6) is -0.968. The second-order valence-electron chi connectivity index (χ2n) is 8.20. The highest BCUT2D eigenvalue weighted by Crippen LogP contribution is 2.46. The van der Waals surface area contributed by atoms with Gasteiger partial charge in [0.25, 0.3) is 5.91 Å². The number of nitrogens with two attached hydrogens (primary N) is 1. The Kier molecular flexibility index (Phi) is 6.53. The van der Waals surface area contributed by atoms with Crippen molar-refractivity contribution in [1.82, 2.24) is 4.98 Å². The molecule has 2 heterocycles. The van der Waals surface area contributed by atoms with E-state index in [1.165, 1.54) is 24.3 Å². The maximum absolute atomic E-state index is 14.2. The Hall–Kier alpha value is -3.14. The normalized spacial score (nSPS) is 15.7. The van der Waals surface area contributed by atoms with E-state index in [0.717, 1.165) is 24.2 Å². The minimum atomic E-state index is -4.62. The van der Waals surface area contributed by atoms with Crippen molar-refractivity contribution in [1.29, 1.82) is 0 Å². The molecule has 6 nitrogen and oxygen atoms in total. The van der Waals surface area contributed by atoms with Gasteiger partial charge in [0.15, 0.2) is 0 Å². The third kappa shape index (κ3) is 4.46. The number of hydrogen-bond acceptors (Lipinski definition) is 6. The Balaban J connectivity index is 1.71. The average molecular weight is 492 g/mol. The summed E-state index contributed by atoms with van der Waals surface area (Å²) >= 11 is 0.853. The third-order valence-corrected chi connectivity index (χ3v) is 7.16. The molecule has 0 spiro atoms. The SMILES string of the molecule is CCOC(=O)c1ccc(NC(=O)c2sc3nc4c(c(C(F)(F)F)c3c2N)CC(CC)CC4)cc1. The molecule has 180 valence electrons. The number of ether oxygens (including phenoxy) is 1. The first kappa shape index (κ1) is 24.0. The van der Waals surface area contributed by atoms with Gasteiger partial charge in [-0.1, -0.05) is 13.3 Å². The highest BCUT2D eigenvalue weighted by Gasteiger charge is 2.40. The first-order chi connectivity index (χ1) is 16.1. The molecule has 0 saturated carbocycles. The van der Waals surface area contributed by atoms with Crippen molar-refractivity contribution in [2.75, 3.05) is 17.7 Å². The number of nitrogens with one attached hydrogen (secondary N) is 1. The van der Waals surface area contributed by atoms with Crippen LogP contribution in [0.1, 0.15) is 63.5 Å². The molecule has 10 heteroatoms. The number of halogens is 3. The molecule has 1 aromatic carbocycles. The standard InChI is InChI=1S/C24H24F3N3O3S/c1-3-12-5-10-16-15(11-12)18(24(25,26)27)17-19(28)20(34-22(17)30-16)21(31)29-14-8-6-13(7-9-14)23(32)33-4-2/h6-9,12H,3-5,10-11,28H2,1-2H3,(H,29,31). The number of nitrogens with zero attached hydrogens (tertiary/aromatic N) is 1. The number of alkyl halides is 3. The van der Waals surface area contributed by atoms with Crippen molar-refractivity contribution in [2.45, 2.75) is 45.7 Å². The minimum Gasteiger partial charge on any atom is -0.462 e. The van der Waals surface area contributed by atoms with E-state index in [9.17, 15) is 22.8 Å². The van der Waals surface area contributed by atoms with E-state index in [1.54, 1.807) is 6.92 Å². The van der Waals surface area contributed by atoms with Crippen LogP contribution in [0.3, 0.4) is 0 Å². The number of rotatable bonds is 5. The monoisotopic (exact) mass is 491 g/mol. The van der Waals surface area contributed by atoms with Crippen LogP contribution >= 0.6 is 11.3 Å². The van der Waals surface area contributed by atoms with Gasteiger partial charge in [-0.3, -0.25) is 4.79 Å². The minimum absolute atomic E-state index is 0.0307. The number of aryl methyl sites for hydroxylation is 1.